The summed E-state index contributed by atoms with van der Waals surface area (Å²) in [6.07, 6.45) is 0. The van der Waals surface area contributed by atoms with Crippen LogP contribution in [0.5, 0.6) is 0 Å². The first-order chi connectivity index (χ1) is 24.3. The van der Waals surface area contributed by atoms with Crippen LogP contribution in [0.25, 0.3) is 99.5 Å². The highest BCUT2D eigenvalue weighted by atomic mass is 16.3. The predicted molar refractivity (Wildman–Crippen MR) is 201 cm³/mol. The lowest BCUT2D eigenvalue weighted by molar-refractivity contribution is 0.669. The molecule has 4 nitrogen and oxygen atoms in total. The van der Waals surface area contributed by atoms with Gasteiger partial charge in [0.05, 0.1) is 0 Å². The molecule has 0 saturated carbocycles. The van der Waals surface area contributed by atoms with Gasteiger partial charge in [0.25, 0.3) is 0 Å². The zero-order valence-corrected chi connectivity index (χ0v) is 26.3. The van der Waals surface area contributed by atoms with Gasteiger partial charge in [0, 0.05) is 27.5 Å². The number of aromatic nitrogens is 3. The predicted octanol–water partition coefficient (Wildman–Crippen LogP) is 11.9. The first-order valence-corrected chi connectivity index (χ1v) is 16.4. The lowest BCUT2D eigenvalue weighted by Crippen LogP contribution is -2.01. The second-order valence-corrected chi connectivity index (χ2v) is 12.4. The van der Waals surface area contributed by atoms with Gasteiger partial charge in [-0.25, -0.2) is 15.0 Å². The number of furan rings is 1. The molecule has 4 heteroatoms. The minimum atomic E-state index is 0.602. The second-order valence-electron chi connectivity index (χ2n) is 12.4. The molecule has 228 valence electrons. The normalized spacial score (nSPS) is 11.7. The van der Waals surface area contributed by atoms with E-state index < -0.39 is 0 Å². The Kier molecular flexibility index (Phi) is 6.15. The van der Waals surface area contributed by atoms with Crippen molar-refractivity contribution in [2.75, 3.05) is 0 Å². The monoisotopic (exact) mass is 625 g/mol. The van der Waals surface area contributed by atoms with Gasteiger partial charge in [-0.15, -0.1) is 0 Å². The molecule has 0 bridgehead atoms. The highest BCUT2D eigenvalue weighted by molar-refractivity contribution is 6.15. The van der Waals surface area contributed by atoms with E-state index in [9.17, 15) is 0 Å². The molecule has 0 unspecified atom stereocenters. The number of rotatable bonds is 4. The Morgan fingerprint density at radius 2 is 0.959 bits per heavy atom. The maximum Gasteiger partial charge on any atom is 0.164 e. The van der Waals surface area contributed by atoms with Crippen LogP contribution in [-0.2, 0) is 0 Å². The topological polar surface area (TPSA) is 51.8 Å². The van der Waals surface area contributed by atoms with E-state index in [0.29, 0.717) is 17.5 Å². The average molecular weight is 626 g/mol. The maximum absolute atomic E-state index is 6.27. The molecular weight excluding hydrogens is 599 g/mol. The van der Waals surface area contributed by atoms with E-state index >= 15 is 0 Å². The highest BCUT2D eigenvalue weighted by Gasteiger charge is 2.19. The zero-order chi connectivity index (χ0) is 32.3. The Bertz CT molecular complexity index is 2890. The molecular formula is C45H27N3O. The second kappa shape index (κ2) is 11.0. The van der Waals surface area contributed by atoms with Gasteiger partial charge in [-0.1, -0.05) is 133 Å². The Labute approximate surface area is 282 Å². The number of benzene rings is 8. The molecule has 0 amide bonds. The minimum absolute atomic E-state index is 0.602. The number of hydrogen-bond donors (Lipinski definition) is 0. The smallest absolute Gasteiger partial charge is 0.164 e. The van der Waals surface area contributed by atoms with Crippen molar-refractivity contribution in [3.05, 3.63) is 164 Å². The SMILES string of the molecule is c1ccc(-c2cc(-c3nc(-c4ccc5ccccc5c4)nc(-c4cccc5oc6ccccc6c45)n3)cc3ccc4ccccc4c23)cc1. The van der Waals surface area contributed by atoms with Crippen LogP contribution in [-0.4, -0.2) is 15.0 Å². The lowest BCUT2D eigenvalue weighted by atomic mass is 9.91. The van der Waals surface area contributed by atoms with E-state index in [1.165, 1.54) is 21.5 Å². The van der Waals surface area contributed by atoms with E-state index in [0.717, 1.165) is 60.5 Å². The van der Waals surface area contributed by atoms with E-state index in [-0.39, 0.29) is 0 Å². The Balaban J connectivity index is 1.27. The average Bonchev–Trinajstić information content (AvgIpc) is 3.56. The van der Waals surface area contributed by atoms with Gasteiger partial charge in [0.2, 0.25) is 0 Å². The minimum Gasteiger partial charge on any atom is -0.456 e. The van der Waals surface area contributed by atoms with Crippen LogP contribution in [0.3, 0.4) is 0 Å². The summed E-state index contributed by atoms with van der Waals surface area (Å²) in [6.45, 7) is 0. The standard InChI is InChI=1S/C45H27N3O/c1-2-12-29(13-3-1)38-27-34(26-32-23-22-30-14-6-7-16-35(30)41(32)38)44-46-43(33-24-21-28-11-4-5-15-31(28)25-33)47-45(48-44)37-18-10-20-40-42(37)36-17-8-9-19-39(36)49-40/h1-27H. The fraction of sp³-hybridized carbons (Fsp3) is 0. The fourth-order valence-electron chi connectivity index (χ4n) is 7.16. The number of fused-ring (bicyclic) bond motifs is 7. The van der Waals surface area contributed by atoms with Crippen molar-refractivity contribution in [1.29, 1.82) is 0 Å². The van der Waals surface area contributed by atoms with Crippen molar-refractivity contribution in [2.24, 2.45) is 0 Å². The van der Waals surface area contributed by atoms with E-state index in [2.05, 4.69) is 133 Å². The van der Waals surface area contributed by atoms with Crippen LogP contribution in [0.4, 0.5) is 0 Å². The maximum atomic E-state index is 6.27. The molecule has 8 aromatic carbocycles. The van der Waals surface area contributed by atoms with Gasteiger partial charge < -0.3 is 4.42 Å². The van der Waals surface area contributed by atoms with Crippen LogP contribution in [0.15, 0.2) is 168 Å². The lowest BCUT2D eigenvalue weighted by Gasteiger charge is -2.14. The molecule has 0 spiro atoms. The van der Waals surface area contributed by atoms with Crippen LogP contribution < -0.4 is 0 Å². The first kappa shape index (κ1) is 27.5. The quantitative estimate of drug-likeness (QED) is 0.183. The van der Waals surface area contributed by atoms with Crippen molar-refractivity contribution >= 4 is 54.3 Å². The van der Waals surface area contributed by atoms with Crippen LogP contribution in [0.1, 0.15) is 0 Å². The first-order valence-electron chi connectivity index (χ1n) is 16.4. The van der Waals surface area contributed by atoms with Crippen molar-refractivity contribution < 1.29 is 4.42 Å². The van der Waals surface area contributed by atoms with Gasteiger partial charge in [0.1, 0.15) is 11.2 Å². The molecule has 0 N–H and O–H groups in total. The summed E-state index contributed by atoms with van der Waals surface area (Å²) >= 11 is 0. The van der Waals surface area contributed by atoms with Crippen molar-refractivity contribution in [1.82, 2.24) is 15.0 Å². The van der Waals surface area contributed by atoms with Gasteiger partial charge >= 0.3 is 0 Å². The summed E-state index contributed by atoms with van der Waals surface area (Å²) < 4.78 is 6.27. The van der Waals surface area contributed by atoms with Crippen molar-refractivity contribution in [3.63, 3.8) is 0 Å². The van der Waals surface area contributed by atoms with Crippen molar-refractivity contribution in [2.45, 2.75) is 0 Å². The number of para-hydroxylation sites is 1. The molecule has 0 radical (unpaired) electrons. The van der Waals surface area contributed by atoms with Crippen LogP contribution in [0.2, 0.25) is 0 Å². The number of hydrogen-bond acceptors (Lipinski definition) is 4. The van der Waals surface area contributed by atoms with Crippen LogP contribution >= 0.6 is 0 Å². The molecule has 2 heterocycles. The molecule has 0 aliphatic carbocycles. The van der Waals surface area contributed by atoms with Gasteiger partial charge in [-0.3, -0.25) is 0 Å². The van der Waals surface area contributed by atoms with E-state index in [1.807, 2.05) is 30.3 Å². The summed E-state index contributed by atoms with van der Waals surface area (Å²) in [5.41, 5.74) is 6.69. The summed E-state index contributed by atoms with van der Waals surface area (Å²) in [5, 5.41) is 9.11. The third kappa shape index (κ3) is 4.57. The van der Waals surface area contributed by atoms with Crippen molar-refractivity contribution in [3.8, 4) is 45.3 Å². The molecule has 0 aliphatic heterocycles. The summed E-state index contributed by atoms with van der Waals surface area (Å²) in [5.74, 6) is 1.84. The molecule has 0 aliphatic rings. The third-order valence-corrected chi connectivity index (χ3v) is 9.47. The summed E-state index contributed by atoms with van der Waals surface area (Å²) in [4.78, 5) is 15.6. The van der Waals surface area contributed by atoms with Crippen LogP contribution in [0, 0.1) is 0 Å². The summed E-state index contributed by atoms with van der Waals surface area (Å²) in [6, 6.07) is 57.0. The molecule has 10 rings (SSSR count). The highest BCUT2D eigenvalue weighted by Crippen LogP contribution is 2.40. The largest absolute Gasteiger partial charge is 0.456 e. The zero-order valence-electron chi connectivity index (χ0n) is 26.3. The Morgan fingerprint density at radius 1 is 0.327 bits per heavy atom. The van der Waals surface area contributed by atoms with Gasteiger partial charge in [0.15, 0.2) is 17.5 Å². The van der Waals surface area contributed by atoms with E-state index in [1.54, 1.807) is 0 Å². The Hall–Kier alpha value is -6.65. The van der Waals surface area contributed by atoms with Gasteiger partial charge in [-0.05, 0) is 73.8 Å². The van der Waals surface area contributed by atoms with E-state index in [4.69, 9.17) is 19.4 Å². The number of nitrogens with zero attached hydrogens (tertiary/aromatic N) is 3. The molecule has 0 atom stereocenters. The molecule has 0 saturated heterocycles. The summed E-state index contributed by atoms with van der Waals surface area (Å²) in [7, 11) is 0. The third-order valence-electron chi connectivity index (χ3n) is 9.47. The van der Waals surface area contributed by atoms with Gasteiger partial charge in [-0.2, -0.15) is 0 Å². The molecule has 49 heavy (non-hydrogen) atoms. The molecule has 10 aromatic rings. The fourth-order valence-corrected chi connectivity index (χ4v) is 7.16. The molecule has 2 aromatic heterocycles. The molecule has 0 fully saturated rings. The Morgan fingerprint density at radius 3 is 1.84 bits per heavy atom.